The number of halogens is 2. The third-order valence-corrected chi connectivity index (χ3v) is 1.89. The van der Waals surface area contributed by atoms with E-state index < -0.39 is 13.5 Å². The number of aromatic nitrogens is 1. The second-order valence-corrected chi connectivity index (χ2v) is 3.26. The predicted molar refractivity (Wildman–Crippen MR) is 49.7 cm³/mol. The fraction of sp³-hybridized carbons (Fsp3) is 0.500. The van der Waals surface area contributed by atoms with Crippen molar-refractivity contribution < 1.29 is 13.5 Å². The van der Waals surface area contributed by atoms with Crippen LogP contribution in [0.3, 0.4) is 0 Å². The third kappa shape index (κ3) is 2.40. The van der Waals surface area contributed by atoms with E-state index in [-0.39, 0.29) is 11.7 Å². The van der Waals surface area contributed by atoms with Gasteiger partial charge < -0.3 is 4.74 Å². The monoisotopic (exact) mass is 201 g/mol. The van der Waals surface area contributed by atoms with Gasteiger partial charge in [-0.05, 0) is 12.0 Å². The van der Waals surface area contributed by atoms with Crippen LogP contribution in [0.4, 0.5) is 8.78 Å². The Morgan fingerprint density at radius 2 is 2.14 bits per heavy atom. The fourth-order valence-corrected chi connectivity index (χ4v) is 1.27. The molecule has 0 saturated heterocycles. The molecule has 0 atom stereocenters. The molecule has 0 amide bonds. The van der Waals surface area contributed by atoms with Gasteiger partial charge in [-0.3, -0.25) is 4.98 Å². The molecule has 0 aromatic carbocycles. The first-order chi connectivity index (χ1) is 6.69. The number of alkyl halides is 2. The third-order valence-electron chi connectivity index (χ3n) is 1.89. The van der Waals surface area contributed by atoms with E-state index in [1.807, 2.05) is 13.8 Å². The van der Waals surface area contributed by atoms with Crippen molar-refractivity contribution in [2.75, 3.05) is 6.86 Å². The van der Waals surface area contributed by atoms with Crippen molar-refractivity contribution in [3.8, 4) is 5.75 Å². The van der Waals surface area contributed by atoms with E-state index >= 15 is 0 Å². The summed E-state index contributed by atoms with van der Waals surface area (Å²) in [5, 5.41) is 0. The summed E-state index contributed by atoms with van der Waals surface area (Å²) < 4.78 is 29.0. The lowest BCUT2D eigenvalue weighted by Crippen LogP contribution is -2.00. The Bertz CT molecular complexity index is 302. The number of hydrogen-bond acceptors (Lipinski definition) is 2. The molecule has 0 N–H and O–H groups in total. The van der Waals surface area contributed by atoms with Gasteiger partial charge in [0.2, 0.25) is 6.86 Å². The summed E-state index contributed by atoms with van der Waals surface area (Å²) in [7, 11) is 0. The molecule has 1 aromatic heterocycles. The summed E-state index contributed by atoms with van der Waals surface area (Å²) in [5.74, 6) is 0.421. The van der Waals surface area contributed by atoms with E-state index in [2.05, 4.69) is 9.72 Å². The number of pyridine rings is 1. The van der Waals surface area contributed by atoms with Gasteiger partial charge in [-0.15, -0.1) is 0 Å². The maximum atomic E-state index is 12.6. The molecule has 0 fully saturated rings. The largest absolute Gasteiger partial charge is 0.461 e. The van der Waals surface area contributed by atoms with Gasteiger partial charge in [0.1, 0.15) is 12.4 Å². The number of hydrogen-bond donors (Lipinski definition) is 0. The average molecular weight is 201 g/mol. The van der Waals surface area contributed by atoms with Crippen molar-refractivity contribution in [2.45, 2.75) is 26.4 Å². The molecule has 0 saturated carbocycles. The van der Waals surface area contributed by atoms with Crippen LogP contribution in [0.5, 0.6) is 5.75 Å². The fourth-order valence-electron chi connectivity index (χ4n) is 1.27. The maximum Gasteiger partial charge on any atom is 0.228 e. The van der Waals surface area contributed by atoms with Crippen LogP contribution in [0.15, 0.2) is 12.3 Å². The Hall–Kier alpha value is -1.19. The summed E-state index contributed by atoms with van der Waals surface area (Å²) in [6.45, 7) is 2.33. The molecule has 0 radical (unpaired) electrons. The second-order valence-electron chi connectivity index (χ2n) is 3.26. The van der Waals surface area contributed by atoms with E-state index in [1.165, 1.54) is 12.3 Å². The zero-order valence-electron chi connectivity index (χ0n) is 8.26. The number of nitrogens with zero attached hydrogens (tertiary/aromatic N) is 1. The van der Waals surface area contributed by atoms with Crippen LogP contribution in [-0.4, -0.2) is 11.8 Å². The Morgan fingerprint density at radius 1 is 1.43 bits per heavy atom. The molecule has 14 heavy (non-hydrogen) atoms. The first-order valence-electron chi connectivity index (χ1n) is 4.42. The van der Waals surface area contributed by atoms with E-state index in [4.69, 9.17) is 0 Å². The van der Waals surface area contributed by atoms with E-state index in [0.717, 1.165) is 0 Å². The Kier molecular flexibility index (Phi) is 3.80. The molecule has 1 rings (SSSR count). The topological polar surface area (TPSA) is 22.1 Å². The summed E-state index contributed by atoms with van der Waals surface area (Å²) in [4.78, 5) is 4.04. The van der Waals surface area contributed by atoms with Gasteiger partial charge in [-0.2, -0.15) is 0 Å². The highest BCUT2D eigenvalue weighted by molar-refractivity contribution is 5.30. The molecule has 0 aliphatic carbocycles. The summed E-state index contributed by atoms with van der Waals surface area (Å²) in [6.07, 6.45) is 1.41. The van der Waals surface area contributed by atoms with Crippen molar-refractivity contribution in [2.24, 2.45) is 0 Å². The zero-order valence-corrected chi connectivity index (χ0v) is 8.26. The van der Waals surface area contributed by atoms with Crippen LogP contribution < -0.4 is 4.74 Å². The summed E-state index contributed by atoms with van der Waals surface area (Å²) in [6, 6.07) is 1.49. The second kappa shape index (κ2) is 4.88. The van der Waals surface area contributed by atoms with Gasteiger partial charge >= 0.3 is 0 Å². The van der Waals surface area contributed by atoms with Crippen molar-refractivity contribution >= 4 is 0 Å². The van der Waals surface area contributed by atoms with Crippen LogP contribution in [-0.2, 0) is 6.67 Å². The normalized spacial score (nSPS) is 10.6. The first-order valence-corrected chi connectivity index (χ1v) is 4.42. The van der Waals surface area contributed by atoms with Crippen molar-refractivity contribution in [3.63, 3.8) is 0 Å². The molecular weight excluding hydrogens is 188 g/mol. The Morgan fingerprint density at radius 3 is 2.64 bits per heavy atom. The number of ether oxygens (including phenoxy) is 1. The van der Waals surface area contributed by atoms with Gasteiger partial charge in [-0.25, -0.2) is 8.78 Å². The first kappa shape index (κ1) is 10.9. The lowest BCUT2D eigenvalue weighted by Gasteiger charge is -2.10. The molecule has 0 unspecified atom stereocenters. The molecule has 0 aliphatic rings. The molecule has 0 spiro atoms. The molecule has 78 valence electrons. The molecular formula is C10H13F2NO. The van der Waals surface area contributed by atoms with Crippen LogP contribution in [0, 0.1) is 0 Å². The molecule has 2 nitrogen and oxygen atoms in total. The molecule has 1 heterocycles. The molecule has 0 bridgehead atoms. The molecule has 4 heteroatoms. The van der Waals surface area contributed by atoms with Gasteiger partial charge in [-0.1, -0.05) is 13.8 Å². The van der Waals surface area contributed by atoms with E-state index in [0.29, 0.717) is 11.3 Å². The van der Waals surface area contributed by atoms with Gasteiger partial charge in [0.25, 0.3) is 0 Å². The van der Waals surface area contributed by atoms with Gasteiger partial charge in [0, 0.05) is 11.3 Å². The minimum absolute atomic E-state index is 0.153. The quantitative estimate of drug-likeness (QED) is 0.747. The lowest BCUT2D eigenvalue weighted by molar-refractivity contribution is 0.190. The molecule has 1 aromatic rings. The van der Waals surface area contributed by atoms with Crippen LogP contribution in [0.2, 0.25) is 0 Å². The maximum absolute atomic E-state index is 12.6. The van der Waals surface area contributed by atoms with Crippen molar-refractivity contribution in [1.29, 1.82) is 0 Å². The van der Waals surface area contributed by atoms with Crippen LogP contribution in [0.25, 0.3) is 0 Å². The van der Waals surface area contributed by atoms with Crippen LogP contribution >= 0.6 is 0 Å². The van der Waals surface area contributed by atoms with E-state index in [9.17, 15) is 8.78 Å². The Labute approximate surface area is 81.9 Å². The average Bonchev–Trinajstić information content (AvgIpc) is 2.17. The zero-order chi connectivity index (χ0) is 10.6. The summed E-state index contributed by atoms with van der Waals surface area (Å²) >= 11 is 0. The van der Waals surface area contributed by atoms with Gasteiger partial charge in [0.05, 0.1) is 6.20 Å². The van der Waals surface area contributed by atoms with Crippen molar-refractivity contribution in [3.05, 3.63) is 23.5 Å². The van der Waals surface area contributed by atoms with Crippen molar-refractivity contribution in [1.82, 2.24) is 4.98 Å². The minimum atomic E-state index is -0.922. The van der Waals surface area contributed by atoms with E-state index in [1.54, 1.807) is 0 Å². The highest BCUT2D eigenvalue weighted by atomic mass is 19.1. The number of rotatable bonds is 4. The minimum Gasteiger partial charge on any atom is -0.461 e. The highest BCUT2D eigenvalue weighted by Gasteiger charge is 2.09. The highest BCUT2D eigenvalue weighted by Crippen LogP contribution is 2.22. The SMILES string of the molecule is CC(C)c1ncc(OCF)cc1CF. The molecule has 0 aliphatic heterocycles. The van der Waals surface area contributed by atoms with Crippen LogP contribution in [0.1, 0.15) is 31.0 Å². The standard InChI is InChI=1S/C10H13F2NO/c1-7(2)10-8(4-11)3-9(5-13-10)14-6-12/h3,5,7H,4,6H2,1-2H3. The van der Waals surface area contributed by atoms with Gasteiger partial charge in [0.15, 0.2) is 0 Å². The smallest absolute Gasteiger partial charge is 0.228 e. The predicted octanol–water partition coefficient (Wildman–Crippen LogP) is 2.98. The lowest BCUT2D eigenvalue weighted by atomic mass is 10.0. The Balaban J connectivity index is 2.99. The summed E-state index contributed by atoms with van der Waals surface area (Å²) in [5.41, 5.74) is 1.16.